The van der Waals surface area contributed by atoms with E-state index in [0.29, 0.717) is 5.75 Å². The molecule has 0 unspecified atom stereocenters. The minimum Gasteiger partial charge on any atom is -0.484 e. The van der Waals surface area contributed by atoms with E-state index < -0.39 is 0 Å². The molecule has 6 heteroatoms. The Hall–Kier alpha value is -3.38. The third kappa shape index (κ3) is 5.03. The van der Waals surface area contributed by atoms with E-state index in [9.17, 15) is 4.79 Å². The molecule has 0 bridgehead atoms. The summed E-state index contributed by atoms with van der Waals surface area (Å²) in [6.45, 7) is 2.74. The second-order valence-corrected chi connectivity index (χ2v) is 8.04. The molecular formula is C25H22BrN3O2. The van der Waals surface area contributed by atoms with Crippen molar-refractivity contribution in [2.24, 2.45) is 5.10 Å². The molecule has 0 radical (unpaired) electrons. The number of aromatic nitrogens is 1. The Kier molecular flexibility index (Phi) is 6.48. The monoisotopic (exact) mass is 475 g/mol. The normalized spacial score (nSPS) is 11.2. The molecule has 4 aromatic rings. The summed E-state index contributed by atoms with van der Waals surface area (Å²) < 4.78 is 8.66. The van der Waals surface area contributed by atoms with Crippen LogP contribution in [0.3, 0.4) is 0 Å². The number of nitrogens with zero attached hydrogens (tertiary/aromatic N) is 2. The van der Waals surface area contributed by atoms with Gasteiger partial charge in [-0.3, -0.25) is 4.79 Å². The van der Waals surface area contributed by atoms with Gasteiger partial charge >= 0.3 is 0 Å². The highest BCUT2D eigenvalue weighted by Gasteiger charge is 2.12. The minimum atomic E-state index is -0.318. The van der Waals surface area contributed by atoms with Crippen molar-refractivity contribution in [3.05, 3.63) is 100 Å². The zero-order valence-corrected chi connectivity index (χ0v) is 18.7. The molecular weight excluding hydrogens is 454 g/mol. The lowest BCUT2D eigenvalue weighted by molar-refractivity contribution is -0.123. The highest BCUT2D eigenvalue weighted by Crippen LogP contribution is 2.25. The number of rotatable bonds is 7. The van der Waals surface area contributed by atoms with Crippen LogP contribution < -0.4 is 10.2 Å². The Balaban J connectivity index is 1.48. The van der Waals surface area contributed by atoms with E-state index in [4.69, 9.17) is 4.74 Å². The molecule has 5 nitrogen and oxygen atoms in total. The topological polar surface area (TPSA) is 55.6 Å². The van der Waals surface area contributed by atoms with Crippen LogP contribution in [0.25, 0.3) is 10.9 Å². The quantitative estimate of drug-likeness (QED) is 0.291. The largest absolute Gasteiger partial charge is 0.484 e. The molecule has 1 amide bonds. The fourth-order valence-electron chi connectivity index (χ4n) is 3.50. The number of hydrazone groups is 1. The first-order valence-corrected chi connectivity index (χ1v) is 10.7. The fourth-order valence-corrected chi connectivity index (χ4v) is 3.88. The Labute approximate surface area is 189 Å². The molecule has 0 aliphatic rings. The Morgan fingerprint density at radius 3 is 2.65 bits per heavy atom. The lowest BCUT2D eigenvalue weighted by atomic mass is 10.1. The average Bonchev–Trinajstić information content (AvgIpc) is 3.04. The van der Waals surface area contributed by atoms with Gasteiger partial charge < -0.3 is 9.30 Å². The molecule has 0 atom stereocenters. The van der Waals surface area contributed by atoms with Crippen molar-refractivity contribution in [3.8, 4) is 5.75 Å². The molecule has 0 spiro atoms. The maximum Gasteiger partial charge on any atom is 0.277 e. The van der Waals surface area contributed by atoms with E-state index in [2.05, 4.69) is 62.2 Å². The zero-order valence-electron chi connectivity index (χ0n) is 17.1. The van der Waals surface area contributed by atoms with Crippen molar-refractivity contribution in [3.63, 3.8) is 0 Å². The number of hydrogen-bond donors (Lipinski definition) is 1. The average molecular weight is 476 g/mol. The van der Waals surface area contributed by atoms with E-state index in [-0.39, 0.29) is 12.5 Å². The van der Waals surface area contributed by atoms with Gasteiger partial charge in [-0.1, -0.05) is 70.5 Å². The summed E-state index contributed by atoms with van der Waals surface area (Å²) >= 11 is 3.38. The molecule has 0 fully saturated rings. The molecule has 1 N–H and O–H groups in total. The summed E-state index contributed by atoms with van der Waals surface area (Å²) in [4.78, 5) is 12.1. The first kappa shape index (κ1) is 20.9. The third-order valence-corrected chi connectivity index (χ3v) is 5.51. The molecule has 1 heterocycles. The maximum absolute atomic E-state index is 12.1. The SMILES string of the molecule is Cc1c(C=NNC(=O)COc2cccc(Br)c2)c2ccccc2n1Cc1ccccc1. The van der Waals surface area contributed by atoms with Gasteiger partial charge in [0.15, 0.2) is 6.61 Å². The molecule has 0 aliphatic heterocycles. The van der Waals surface area contributed by atoms with Crippen LogP contribution in [0.1, 0.15) is 16.8 Å². The Morgan fingerprint density at radius 2 is 1.84 bits per heavy atom. The van der Waals surface area contributed by atoms with Crippen LogP contribution >= 0.6 is 15.9 Å². The third-order valence-electron chi connectivity index (χ3n) is 5.01. The summed E-state index contributed by atoms with van der Waals surface area (Å²) in [5, 5.41) is 5.27. The number of fused-ring (bicyclic) bond motifs is 1. The number of benzene rings is 3. The van der Waals surface area contributed by atoms with Crippen molar-refractivity contribution >= 4 is 39.0 Å². The van der Waals surface area contributed by atoms with E-state index in [1.54, 1.807) is 12.3 Å². The van der Waals surface area contributed by atoms with Crippen molar-refractivity contribution in [2.45, 2.75) is 13.5 Å². The van der Waals surface area contributed by atoms with E-state index in [1.165, 1.54) is 5.56 Å². The minimum absolute atomic E-state index is 0.109. The summed E-state index contributed by atoms with van der Waals surface area (Å²) in [6, 6.07) is 25.9. The van der Waals surface area contributed by atoms with Gasteiger partial charge in [-0.2, -0.15) is 5.10 Å². The Bertz CT molecular complexity index is 1230. The number of ether oxygens (including phenoxy) is 1. The highest BCUT2D eigenvalue weighted by atomic mass is 79.9. The number of carbonyl (C=O) groups excluding carboxylic acids is 1. The number of para-hydroxylation sites is 1. The van der Waals surface area contributed by atoms with Crippen molar-refractivity contribution in [1.29, 1.82) is 0 Å². The predicted molar refractivity (Wildman–Crippen MR) is 128 cm³/mol. The van der Waals surface area contributed by atoms with Gasteiger partial charge in [-0.25, -0.2) is 5.43 Å². The van der Waals surface area contributed by atoms with Gasteiger partial charge in [0, 0.05) is 33.2 Å². The van der Waals surface area contributed by atoms with Crippen molar-refractivity contribution in [1.82, 2.24) is 9.99 Å². The molecule has 4 rings (SSSR count). The smallest absolute Gasteiger partial charge is 0.277 e. The zero-order chi connectivity index (χ0) is 21.6. The number of carbonyl (C=O) groups is 1. The van der Waals surface area contributed by atoms with Crippen molar-refractivity contribution in [2.75, 3.05) is 6.61 Å². The summed E-state index contributed by atoms with van der Waals surface area (Å²) in [5.74, 6) is 0.301. The Morgan fingerprint density at radius 1 is 1.06 bits per heavy atom. The van der Waals surface area contributed by atoms with E-state index >= 15 is 0 Å². The molecule has 3 aromatic carbocycles. The van der Waals surface area contributed by atoms with Crippen molar-refractivity contribution < 1.29 is 9.53 Å². The molecule has 0 saturated carbocycles. The van der Waals surface area contributed by atoms with Gasteiger partial charge in [-0.05, 0) is 36.8 Å². The van der Waals surface area contributed by atoms with Crippen LogP contribution in [0.15, 0.2) is 88.4 Å². The van der Waals surface area contributed by atoms with Crippen LogP contribution in [-0.4, -0.2) is 23.3 Å². The number of nitrogens with one attached hydrogen (secondary N) is 1. The van der Waals surface area contributed by atoms with Crippen LogP contribution in [0.4, 0.5) is 0 Å². The second kappa shape index (κ2) is 9.62. The van der Waals surface area contributed by atoms with Crippen LogP contribution in [0.2, 0.25) is 0 Å². The van der Waals surface area contributed by atoms with Crippen LogP contribution in [-0.2, 0) is 11.3 Å². The summed E-state index contributed by atoms with van der Waals surface area (Å²) in [7, 11) is 0. The van der Waals surface area contributed by atoms with Gasteiger partial charge in [-0.15, -0.1) is 0 Å². The first-order valence-electron chi connectivity index (χ1n) is 9.94. The lowest BCUT2D eigenvalue weighted by Gasteiger charge is -2.08. The van der Waals surface area contributed by atoms with Gasteiger partial charge in [0.2, 0.25) is 0 Å². The second-order valence-electron chi connectivity index (χ2n) is 7.13. The molecule has 0 aliphatic carbocycles. The van der Waals surface area contributed by atoms with Crippen LogP contribution in [0.5, 0.6) is 5.75 Å². The maximum atomic E-state index is 12.1. The summed E-state index contributed by atoms with van der Waals surface area (Å²) in [5.41, 5.74) is 6.99. The molecule has 0 saturated heterocycles. The summed E-state index contributed by atoms with van der Waals surface area (Å²) in [6.07, 6.45) is 1.70. The van der Waals surface area contributed by atoms with Gasteiger partial charge in [0.25, 0.3) is 5.91 Å². The number of amides is 1. The van der Waals surface area contributed by atoms with E-state index in [1.807, 2.05) is 48.5 Å². The first-order chi connectivity index (χ1) is 15.1. The predicted octanol–water partition coefficient (Wildman–Crippen LogP) is 5.29. The standard InChI is InChI=1S/C25H22BrN3O2/c1-18-23(15-27-28-25(30)17-31-21-11-7-10-20(26)14-21)22-12-5-6-13-24(22)29(18)16-19-8-3-2-4-9-19/h2-15H,16-17H2,1H3,(H,28,30). The molecule has 1 aromatic heterocycles. The number of hydrogen-bond acceptors (Lipinski definition) is 3. The molecule has 31 heavy (non-hydrogen) atoms. The lowest BCUT2D eigenvalue weighted by Crippen LogP contribution is -2.24. The molecule has 156 valence electrons. The van der Waals surface area contributed by atoms with E-state index in [0.717, 1.165) is 33.2 Å². The fraction of sp³-hybridized carbons (Fsp3) is 0.120. The van der Waals surface area contributed by atoms with Crippen LogP contribution in [0, 0.1) is 6.92 Å². The number of halogens is 1. The highest BCUT2D eigenvalue weighted by molar-refractivity contribution is 9.10. The van der Waals surface area contributed by atoms with Gasteiger partial charge in [0.05, 0.1) is 6.21 Å². The van der Waals surface area contributed by atoms with Gasteiger partial charge in [0.1, 0.15) is 5.75 Å².